The van der Waals surface area contributed by atoms with Gasteiger partial charge in [0, 0.05) is 25.8 Å². The normalized spacial score (nSPS) is 15.6. The lowest BCUT2D eigenvalue weighted by molar-refractivity contribution is 0.298. The van der Waals surface area contributed by atoms with Crippen molar-refractivity contribution in [3.05, 3.63) is 50.7 Å². The Morgan fingerprint density at radius 3 is 2.39 bits per heavy atom. The smallest absolute Gasteiger partial charge is 0.331 e. The molecule has 1 aliphatic rings. The first-order valence-electron chi connectivity index (χ1n) is 9.85. The van der Waals surface area contributed by atoms with E-state index in [9.17, 15) is 14.7 Å². The predicted molar refractivity (Wildman–Crippen MR) is 112 cm³/mol. The summed E-state index contributed by atoms with van der Waals surface area (Å²) in [6.07, 6.45) is 5.25. The first kappa shape index (κ1) is 19.9. The molecule has 2 N–H and O–H groups in total. The van der Waals surface area contributed by atoms with Gasteiger partial charge in [0.05, 0.1) is 11.4 Å². The maximum absolute atomic E-state index is 12.5. The van der Waals surface area contributed by atoms with Crippen LogP contribution in [0.4, 0.5) is 11.4 Å². The Balaban J connectivity index is 2.07. The van der Waals surface area contributed by atoms with E-state index < -0.39 is 11.2 Å². The molecule has 0 spiro atoms. The van der Waals surface area contributed by atoms with E-state index >= 15 is 0 Å². The maximum atomic E-state index is 12.5. The molecule has 0 amide bonds. The molecule has 1 aliphatic carbocycles. The van der Waals surface area contributed by atoms with Crippen LogP contribution >= 0.6 is 0 Å². The van der Waals surface area contributed by atoms with Crippen LogP contribution < -0.4 is 16.1 Å². The van der Waals surface area contributed by atoms with Crippen LogP contribution in [-0.4, -0.2) is 34.5 Å². The van der Waals surface area contributed by atoms with Gasteiger partial charge in [-0.3, -0.25) is 19.3 Å². The molecule has 0 unspecified atom stereocenters. The van der Waals surface area contributed by atoms with Crippen LogP contribution in [0.25, 0.3) is 0 Å². The second kappa shape index (κ2) is 8.46. The zero-order valence-electron chi connectivity index (χ0n) is 16.7. The van der Waals surface area contributed by atoms with Crippen LogP contribution in [0.15, 0.2) is 38.8 Å². The number of benzene rings is 1. The summed E-state index contributed by atoms with van der Waals surface area (Å²) < 4.78 is 1.34. The summed E-state index contributed by atoms with van der Waals surface area (Å²) >= 11 is 0. The number of rotatable bonds is 5. The highest BCUT2D eigenvalue weighted by atomic mass is 16.3. The topological polar surface area (TPSA) is 90.7 Å². The number of H-pyrrole nitrogens is 1. The lowest BCUT2D eigenvalue weighted by atomic mass is 9.95. The fraction of sp³-hybridized carbons (Fsp3) is 0.476. The summed E-state index contributed by atoms with van der Waals surface area (Å²) in [6.45, 7) is 1.88. The molecule has 7 nitrogen and oxygen atoms in total. The van der Waals surface area contributed by atoms with Crippen molar-refractivity contribution in [1.29, 1.82) is 0 Å². The zero-order chi connectivity index (χ0) is 20.3. The molecule has 1 heterocycles. The molecule has 0 saturated heterocycles. The van der Waals surface area contributed by atoms with E-state index in [1.807, 2.05) is 50.2 Å². The monoisotopic (exact) mass is 384 g/mol. The standard InChI is InChI=1S/C21H28N4O3/c1-4-17(22-14-10-12-15(13-11-14)24(2)3)18-19(26)23-21(28)25(20(18)27)16-8-6-5-7-9-16/h10-13,16,27H,4-9H2,1-3H3,(H,23,26,28). The Morgan fingerprint density at radius 1 is 1.18 bits per heavy atom. The van der Waals surface area contributed by atoms with E-state index in [1.165, 1.54) is 4.57 Å². The van der Waals surface area contributed by atoms with Crippen molar-refractivity contribution < 1.29 is 5.11 Å². The van der Waals surface area contributed by atoms with Gasteiger partial charge >= 0.3 is 5.69 Å². The molecular weight excluding hydrogens is 356 g/mol. The lowest BCUT2D eigenvalue weighted by Crippen LogP contribution is -2.36. The van der Waals surface area contributed by atoms with E-state index in [0.717, 1.165) is 37.8 Å². The molecule has 2 aromatic rings. The van der Waals surface area contributed by atoms with Crippen molar-refractivity contribution in [3.63, 3.8) is 0 Å². The highest BCUT2D eigenvalue weighted by Crippen LogP contribution is 2.30. The third kappa shape index (κ3) is 4.03. The molecule has 3 rings (SSSR count). The van der Waals surface area contributed by atoms with Crippen molar-refractivity contribution in [2.75, 3.05) is 19.0 Å². The number of aromatic amines is 1. The predicted octanol–water partition coefficient (Wildman–Crippen LogP) is 3.34. The number of aromatic nitrogens is 2. The van der Waals surface area contributed by atoms with E-state index in [4.69, 9.17) is 0 Å². The fourth-order valence-electron chi connectivity index (χ4n) is 3.77. The Hall–Kier alpha value is -2.83. The minimum Gasteiger partial charge on any atom is -0.494 e. The summed E-state index contributed by atoms with van der Waals surface area (Å²) in [6, 6.07) is 7.54. The van der Waals surface area contributed by atoms with Gasteiger partial charge in [0.25, 0.3) is 5.56 Å². The average Bonchev–Trinajstić information content (AvgIpc) is 2.68. The summed E-state index contributed by atoms with van der Waals surface area (Å²) in [7, 11) is 3.92. The highest BCUT2D eigenvalue weighted by molar-refractivity contribution is 6.03. The Bertz CT molecular complexity index is 965. The van der Waals surface area contributed by atoms with Gasteiger partial charge in [-0.05, 0) is 43.5 Å². The molecule has 28 heavy (non-hydrogen) atoms. The summed E-state index contributed by atoms with van der Waals surface area (Å²) in [5, 5.41) is 10.9. The van der Waals surface area contributed by atoms with Gasteiger partial charge in [-0.15, -0.1) is 0 Å². The van der Waals surface area contributed by atoms with Gasteiger partial charge in [-0.25, -0.2) is 4.79 Å². The fourth-order valence-corrected chi connectivity index (χ4v) is 3.77. The van der Waals surface area contributed by atoms with Crippen LogP contribution in [-0.2, 0) is 0 Å². The number of anilines is 1. The molecular formula is C21H28N4O3. The molecule has 0 atom stereocenters. The second-order valence-corrected chi connectivity index (χ2v) is 7.44. The van der Waals surface area contributed by atoms with Crippen molar-refractivity contribution in [3.8, 4) is 5.88 Å². The second-order valence-electron chi connectivity index (χ2n) is 7.44. The first-order valence-corrected chi connectivity index (χ1v) is 9.85. The number of nitrogens with zero attached hydrogens (tertiary/aromatic N) is 3. The van der Waals surface area contributed by atoms with Crippen molar-refractivity contribution >= 4 is 17.1 Å². The van der Waals surface area contributed by atoms with Crippen LogP contribution in [0.2, 0.25) is 0 Å². The Morgan fingerprint density at radius 2 is 1.82 bits per heavy atom. The molecule has 7 heteroatoms. The Labute approximate surface area is 164 Å². The first-order chi connectivity index (χ1) is 13.4. The van der Waals surface area contributed by atoms with Gasteiger partial charge in [0.15, 0.2) is 0 Å². The lowest BCUT2D eigenvalue weighted by Gasteiger charge is -2.25. The molecule has 1 saturated carbocycles. The molecule has 1 fully saturated rings. The van der Waals surface area contributed by atoms with Crippen LogP contribution in [0.5, 0.6) is 5.88 Å². The van der Waals surface area contributed by atoms with Crippen LogP contribution in [0.3, 0.4) is 0 Å². The number of hydrogen-bond acceptors (Lipinski definition) is 5. The van der Waals surface area contributed by atoms with Crippen molar-refractivity contribution in [2.45, 2.75) is 51.5 Å². The minimum absolute atomic E-state index is 0.0874. The zero-order valence-corrected chi connectivity index (χ0v) is 16.7. The molecule has 1 aromatic carbocycles. The van der Waals surface area contributed by atoms with Gasteiger partial charge in [-0.1, -0.05) is 26.2 Å². The van der Waals surface area contributed by atoms with Gasteiger partial charge < -0.3 is 10.0 Å². The third-order valence-electron chi connectivity index (χ3n) is 5.31. The van der Waals surface area contributed by atoms with Crippen molar-refractivity contribution in [1.82, 2.24) is 9.55 Å². The number of hydrogen-bond donors (Lipinski definition) is 2. The number of aromatic hydroxyl groups is 1. The summed E-state index contributed by atoms with van der Waals surface area (Å²) in [5.74, 6) is -0.272. The van der Waals surface area contributed by atoms with Gasteiger partial charge in [-0.2, -0.15) is 0 Å². The quantitative estimate of drug-likeness (QED) is 0.774. The van der Waals surface area contributed by atoms with Crippen molar-refractivity contribution in [2.24, 2.45) is 4.99 Å². The van der Waals surface area contributed by atoms with Gasteiger partial charge in [0.2, 0.25) is 5.88 Å². The SMILES string of the molecule is CCC(=Nc1ccc(N(C)C)cc1)c1c(O)n(C2CCCCC2)c(=O)[nH]c1=O. The van der Waals surface area contributed by atoms with Crippen LogP contribution in [0, 0.1) is 0 Å². The molecule has 0 bridgehead atoms. The number of nitrogens with one attached hydrogen (secondary N) is 1. The molecule has 0 radical (unpaired) electrons. The molecule has 0 aliphatic heterocycles. The number of aliphatic imine (C=N–C) groups is 1. The van der Waals surface area contributed by atoms with Gasteiger partial charge in [0.1, 0.15) is 5.56 Å². The highest BCUT2D eigenvalue weighted by Gasteiger charge is 2.24. The molecule has 1 aromatic heterocycles. The Kier molecular flexibility index (Phi) is 6.02. The van der Waals surface area contributed by atoms with E-state index in [0.29, 0.717) is 17.8 Å². The summed E-state index contributed by atoms with van der Waals surface area (Å²) in [4.78, 5) is 33.9. The van der Waals surface area contributed by atoms with E-state index in [2.05, 4.69) is 9.98 Å². The summed E-state index contributed by atoms with van der Waals surface area (Å²) in [5.41, 5.74) is 1.13. The van der Waals surface area contributed by atoms with E-state index in [1.54, 1.807) is 0 Å². The minimum atomic E-state index is -0.597. The average molecular weight is 384 g/mol. The van der Waals surface area contributed by atoms with E-state index in [-0.39, 0.29) is 17.5 Å². The molecule has 150 valence electrons. The largest absolute Gasteiger partial charge is 0.494 e. The maximum Gasteiger partial charge on any atom is 0.331 e. The van der Waals surface area contributed by atoms with Crippen LogP contribution in [0.1, 0.15) is 57.1 Å². The third-order valence-corrected chi connectivity index (χ3v) is 5.31.